The predicted molar refractivity (Wildman–Crippen MR) is 149 cm³/mol. The number of hydrogen-bond donors (Lipinski definition) is 3. The number of ether oxygens (including phenoxy) is 1. The third-order valence-electron chi connectivity index (χ3n) is 7.80. The first-order chi connectivity index (χ1) is 19.0. The van der Waals surface area contributed by atoms with Crippen LogP contribution in [0.25, 0.3) is 17.0 Å². The topological polar surface area (TPSA) is 130 Å². The monoisotopic (exact) mass is 547 g/mol. The molecule has 1 saturated carbocycles. The Hall–Kier alpha value is -3.79. The molecule has 2 aromatic rings. The lowest BCUT2D eigenvalue weighted by Crippen LogP contribution is -2.61. The van der Waals surface area contributed by atoms with Gasteiger partial charge in [0.25, 0.3) is 11.8 Å². The van der Waals surface area contributed by atoms with Crippen LogP contribution in [0.3, 0.4) is 0 Å². The van der Waals surface area contributed by atoms with Crippen molar-refractivity contribution in [3.63, 3.8) is 0 Å². The van der Waals surface area contributed by atoms with E-state index >= 15 is 0 Å². The number of rotatable bonds is 1. The van der Waals surface area contributed by atoms with Gasteiger partial charge >= 0.3 is 5.97 Å². The van der Waals surface area contributed by atoms with Crippen molar-refractivity contribution < 1.29 is 23.9 Å². The summed E-state index contributed by atoms with van der Waals surface area (Å²) in [5.41, 5.74) is 4.37. The van der Waals surface area contributed by atoms with E-state index in [0.29, 0.717) is 25.1 Å². The van der Waals surface area contributed by atoms with Gasteiger partial charge in [-0.2, -0.15) is 0 Å². The SMILES string of the molecule is C[C@@H]1NC(=O)C(C2CC2)OC(=O)C(C)(C)/C=C/c2ccc3ccc(nc3c2)[C@@H](C)NC(=O)[C@@H]2CCCN(N2)C1=O. The minimum atomic E-state index is -0.997. The fourth-order valence-electron chi connectivity index (χ4n) is 5.01. The molecule has 1 aliphatic carbocycles. The van der Waals surface area contributed by atoms with Gasteiger partial charge in [0.15, 0.2) is 6.10 Å². The van der Waals surface area contributed by atoms with E-state index in [1.165, 1.54) is 5.01 Å². The average molecular weight is 548 g/mol. The first-order valence-corrected chi connectivity index (χ1v) is 14.0. The van der Waals surface area contributed by atoms with Crippen molar-refractivity contribution in [1.29, 1.82) is 0 Å². The van der Waals surface area contributed by atoms with E-state index in [9.17, 15) is 19.2 Å². The van der Waals surface area contributed by atoms with Crippen molar-refractivity contribution in [2.45, 2.75) is 77.6 Å². The highest BCUT2D eigenvalue weighted by atomic mass is 16.6. The van der Waals surface area contributed by atoms with E-state index in [2.05, 4.69) is 16.1 Å². The van der Waals surface area contributed by atoms with Gasteiger partial charge in [0.05, 0.1) is 22.7 Å². The van der Waals surface area contributed by atoms with Crippen molar-refractivity contribution in [3.8, 4) is 0 Å². The molecule has 1 saturated heterocycles. The summed E-state index contributed by atoms with van der Waals surface area (Å²) in [6.07, 6.45) is 5.39. The summed E-state index contributed by atoms with van der Waals surface area (Å²) >= 11 is 0. The normalized spacial score (nSPS) is 28.9. The van der Waals surface area contributed by atoms with E-state index in [-0.39, 0.29) is 23.8 Å². The number of hydrazine groups is 1. The van der Waals surface area contributed by atoms with Crippen LogP contribution in [0.4, 0.5) is 0 Å². The molecule has 10 heteroatoms. The summed E-state index contributed by atoms with van der Waals surface area (Å²) in [6, 6.07) is 7.87. The lowest BCUT2D eigenvalue weighted by Gasteiger charge is -2.35. The van der Waals surface area contributed by atoms with Crippen molar-refractivity contribution in [1.82, 2.24) is 26.1 Å². The maximum Gasteiger partial charge on any atom is 0.316 e. The number of carbonyl (C=O) groups excluding carboxylic acids is 4. The Labute approximate surface area is 233 Å². The molecule has 10 nitrogen and oxygen atoms in total. The Kier molecular flexibility index (Phi) is 7.63. The third-order valence-corrected chi connectivity index (χ3v) is 7.80. The van der Waals surface area contributed by atoms with Gasteiger partial charge in [-0.25, -0.2) is 5.43 Å². The lowest BCUT2D eigenvalue weighted by atomic mass is 9.92. The standard InChI is InChI=1S/C30H37N5O5/c1-17-22-12-11-20-8-7-19(16-24(20)33-22)13-14-30(3,4)29(39)40-25(21-9-10-21)27(37)32-18(2)28(38)35-15-5-6-23(34-35)26(36)31-17/h7-8,11-14,16-18,21,23,25,34H,5-6,9-10,15H2,1-4H3,(H,31,36)(H,32,37)/b14-13+/t17-,18+,23+,25?/m1/s1. The van der Waals surface area contributed by atoms with Gasteiger partial charge in [-0.3, -0.25) is 29.2 Å². The molecule has 5 bridgehead atoms. The predicted octanol–water partition coefficient (Wildman–Crippen LogP) is 2.79. The van der Waals surface area contributed by atoms with E-state index < -0.39 is 35.5 Å². The van der Waals surface area contributed by atoms with Crippen molar-refractivity contribution in [2.75, 3.05) is 6.54 Å². The van der Waals surface area contributed by atoms with Crippen LogP contribution in [-0.2, 0) is 23.9 Å². The van der Waals surface area contributed by atoms with Crippen LogP contribution >= 0.6 is 0 Å². The Morgan fingerprint density at radius 1 is 0.950 bits per heavy atom. The Morgan fingerprint density at radius 2 is 1.68 bits per heavy atom. The zero-order valence-corrected chi connectivity index (χ0v) is 23.4. The molecule has 3 aliphatic rings. The van der Waals surface area contributed by atoms with Crippen LogP contribution in [0.5, 0.6) is 0 Å². The highest BCUT2D eigenvalue weighted by Gasteiger charge is 2.42. The fraction of sp³-hybridized carbons (Fsp3) is 0.500. The largest absolute Gasteiger partial charge is 0.451 e. The number of cyclic esters (lactones) is 1. The van der Waals surface area contributed by atoms with Crippen LogP contribution in [0.1, 0.15) is 70.7 Å². The van der Waals surface area contributed by atoms with E-state index in [1.807, 2.05) is 43.3 Å². The van der Waals surface area contributed by atoms with Crippen molar-refractivity contribution in [3.05, 3.63) is 47.7 Å². The van der Waals surface area contributed by atoms with Crippen LogP contribution in [0.15, 0.2) is 36.4 Å². The molecule has 212 valence electrons. The molecule has 4 atom stereocenters. The van der Waals surface area contributed by atoms with Gasteiger partial charge in [0.2, 0.25) is 5.91 Å². The van der Waals surface area contributed by atoms with Crippen molar-refractivity contribution >= 4 is 40.7 Å². The number of fused-ring (bicyclic) bond motifs is 4. The Balaban J connectivity index is 1.48. The fourth-order valence-corrected chi connectivity index (χ4v) is 5.01. The van der Waals surface area contributed by atoms with Gasteiger partial charge in [0, 0.05) is 17.8 Å². The molecule has 1 aromatic heterocycles. The van der Waals surface area contributed by atoms with Gasteiger partial charge in [-0.05, 0) is 71.1 Å². The molecule has 1 unspecified atom stereocenters. The second kappa shape index (κ2) is 11.0. The average Bonchev–Trinajstić information content (AvgIpc) is 3.78. The zero-order valence-electron chi connectivity index (χ0n) is 23.4. The van der Waals surface area contributed by atoms with E-state index in [0.717, 1.165) is 29.3 Å². The summed E-state index contributed by atoms with van der Waals surface area (Å²) in [6.45, 7) is 7.37. The summed E-state index contributed by atoms with van der Waals surface area (Å²) in [4.78, 5) is 57.6. The molecular formula is C30H37N5O5. The molecule has 3 amide bonds. The maximum atomic E-state index is 13.2. The van der Waals surface area contributed by atoms with Gasteiger partial charge < -0.3 is 15.4 Å². The molecule has 2 fully saturated rings. The quantitative estimate of drug-likeness (QED) is 0.468. The van der Waals surface area contributed by atoms with Gasteiger partial charge in [-0.15, -0.1) is 0 Å². The molecule has 1 aromatic carbocycles. The number of carbonyl (C=O) groups is 4. The minimum Gasteiger partial charge on any atom is -0.451 e. The van der Waals surface area contributed by atoms with Crippen LogP contribution in [0, 0.1) is 11.3 Å². The first kappa shape index (κ1) is 27.8. The first-order valence-electron chi connectivity index (χ1n) is 14.0. The van der Waals surface area contributed by atoms with E-state index in [4.69, 9.17) is 9.72 Å². The molecule has 2 aliphatic heterocycles. The number of nitrogens with zero attached hydrogens (tertiary/aromatic N) is 2. The second-order valence-corrected chi connectivity index (χ2v) is 11.7. The highest BCUT2D eigenvalue weighted by Crippen LogP contribution is 2.36. The number of benzene rings is 1. The van der Waals surface area contributed by atoms with Crippen LogP contribution in [0.2, 0.25) is 0 Å². The summed E-state index contributed by atoms with van der Waals surface area (Å²) in [5.74, 6) is -1.66. The molecule has 5 rings (SSSR count). The number of nitrogens with one attached hydrogen (secondary N) is 3. The van der Waals surface area contributed by atoms with Gasteiger partial charge in [-0.1, -0.05) is 30.4 Å². The number of amides is 3. The summed E-state index contributed by atoms with van der Waals surface area (Å²) in [7, 11) is 0. The Bertz CT molecular complexity index is 1370. The summed E-state index contributed by atoms with van der Waals surface area (Å²) in [5, 5.41) is 8.10. The molecular weight excluding hydrogens is 510 g/mol. The Morgan fingerprint density at radius 3 is 2.42 bits per heavy atom. The number of hydrogen-bond acceptors (Lipinski definition) is 7. The second-order valence-electron chi connectivity index (χ2n) is 11.7. The number of aromatic nitrogens is 1. The van der Waals surface area contributed by atoms with Gasteiger partial charge in [0.1, 0.15) is 12.1 Å². The number of pyridine rings is 1. The number of esters is 1. The molecule has 40 heavy (non-hydrogen) atoms. The van der Waals surface area contributed by atoms with E-state index in [1.54, 1.807) is 26.8 Å². The molecule has 0 radical (unpaired) electrons. The summed E-state index contributed by atoms with van der Waals surface area (Å²) < 4.78 is 5.76. The highest BCUT2D eigenvalue weighted by molar-refractivity contribution is 5.92. The smallest absolute Gasteiger partial charge is 0.316 e. The maximum absolute atomic E-state index is 13.2. The minimum absolute atomic E-state index is 0.0726. The third kappa shape index (κ3) is 6.01. The van der Waals surface area contributed by atoms with Crippen LogP contribution in [-0.4, -0.2) is 58.4 Å². The molecule has 3 heterocycles. The van der Waals surface area contributed by atoms with Crippen LogP contribution < -0.4 is 16.1 Å². The lowest BCUT2D eigenvalue weighted by molar-refractivity contribution is -0.164. The van der Waals surface area contributed by atoms with Crippen molar-refractivity contribution in [2.24, 2.45) is 11.3 Å². The molecule has 3 N–H and O–H groups in total. The zero-order chi connectivity index (χ0) is 28.6. The molecule has 0 spiro atoms.